The molecule has 0 nitrogen and oxygen atoms in total. The van der Waals surface area contributed by atoms with E-state index in [-0.39, 0.29) is 20.6 Å². The van der Waals surface area contributed by atoms with E-state index in [2.05, 4.69) is 15.9 Å². The smallest absolute Gasteiger partial charge is 0.142 e. The molecular weight excluding hydrogens is 316 g/mol. The summed E-state index contributed by atoms with van der Waals surface area (Å²) in [5.41, 5.74) is -0.341. The van der Waals surface area contributed by atoms with E-state index in [0.29, 0.717) is 0 Å². The third-order valence-electron chi connectivity index (χ3n) is 2.23. The van der Waals surface area contributed by atoms with Crippen molar-refractivity contribution >= 4 is 27.5 Å². The highest BCUT2D eigenvalue weighted by Gasteiger charge is 2.17. The van der Waals surface area contributed by atoms with Gasteiger partial charge in [0.1, 0.15) is 17.5 Å². The molecule has 0 spiro atoms. The van der Waals surface area contributed by atoms with Gasteiger partial charge in [-0.05, 0) is 18.2 Å². The highest BCUT2D eigenvalue weighted by Crippen LogP contribution is 2.34. The maximum Gasteiger partial charge on any atom is 0.142 e. The first kappa shape index (κ1) is 12.5. The van der Waals surface area contributed by atoms with Crippen molar-refractivity contribution in [2.24, 2.45) is 0 Å². The van der Waals surface area contributed by atoms with E-state index in [4.69, 9.17) is 11.6 Å². The van der Waals surface area contributed by atoms with E-state index >= 15 is 0 Å². The summed E-state index contributed by atoms with van der Waals surface area (Å²) >= 11 is 8.66. The molecule has 0 fully saturated rings. The Morgan fingerprint density at radius 3 is 2.12 bits per heavy atom. The number of halogens is 5. The predicted octanol–water partition coefficient (Wildman–Crippen LogP) is 5.19. The van der Waals surface area contributed by atoms with Gasteiger partial charge in [0.05, 0.1) is 10.6 Å². The summed E-state index contributed by atoms with van der Waals surface area (Å²) in [6, 6.07) is 6.03. The monoisotopic (exact) mass is 320 g/mol. The molecule has 88 valence electrons. The van der Waals surface area contributed by atoms with Crippen molar-refractivity contribution in [1.29, 1.82) is 0 Å². The summed E-state index contributed by atoms with van der Waals surface area (Å²) in [5.74, 6) is -2.32. The maximum atomic E-state index is 13.7. The molecule has 0 N–H and O–H groups in total. The van der Waals surface area contributed by atoms with Gasteiger partial charge >= 0.3 is 0 Å². The van der Waals surface area contributed by atoms with Crippen molar-refractivity contribution in [2.45, 2.75) is 0 Å². The van der Waals surface area contributed by atoms with Crippen LogP contribution in [-0.2, 0) is 0 Å². The van der Waals surface area contributed by atoms with Crippen molar-refractivity contribution in [3.8, 4) is 11.1 Å². The van der Waals surface area contributed by atoms with Crippen LogP contribution < -0.4 is 0 Å². The molecule has 0 amide bonds. The second kappa shape index (κ2) is 4.70. The van der Waals surface area contributed by atoms with Gasteiger partial charge in [-0.3, -0.25) is 0 Å². The second-order valence-electron chi connectivity index (χ2n) is 3.35. The highest BCUT2D eigenvalue weighted by atomic mass is 79.9. The summed E-state index contributed by atoms with van der Waals surface area (Å²) in [6.45, 7) is 0. The molecule has 0 aliphatic carbocycles. The fraction of sp³-hybridized carbons (Fsp3) is 0. The van der Waals surface area contributed by atoms with Crippen LogP contribution in [0.4, 0.5) is 13.2 Å². The summed E-state index contributed by atoms with van der Waals surface area (Å²) < 4.78 is 40.8. The molecule has 2 rings (SSSR count). The number of hydrogen-bond acceptors (Lipinski definition) is 0. The second-order valence-corrected chi connectivity index (χ2v) is 4.64. The third-order valence-corrected chi connectivity index (χ3v) is 3.07. The molecule has 0 radical (unpaired) electrons. The normalized spacial score (nSPS) is 10.6. The van der Waals surface area contributed by atoms with Gasteiger partial charge in [-0.15, -0.1) is 0 Å². The summed E-state index contributed by atoms with van der Waals surface area (Å²) in [5, 5.41) is -0.298. The van der Waals surface area contributed by atoms with Gasteiger partial charge in [-0.25, -0.2) is 13.2 Å². The standard InChI is InChI=1S/C12H5BrClF3/c13-6-4-9(16)11(10(17)5-6)7-2-1-3-8(15)12(7)14/h1-5H. The summed E-state index contributed by atoms with van der Waals surface area (Å²) in [4.78, 5) is 0. The molecule has 0 aromatic heterocycles. The van der Waals surface area contributed by atoms with E-state index in [1.165, 1.54) is 12.1 Å². The summed E-state index contributed by atoms with van der Waals surface area (Å²) in [7, 11) is 0. The van der Waals surface area contributed by atoms with Crippen molar-refractivity contribution in [2.75, 3.05) is 0 Å². The zero-order chi connectivity index (χ0) is 12.6. The largest absolute Gasteiger partial charge is 0.206 e. The Labute approximate surface area is 109 Å². The average Bonchev–Trinajstić information content (AvgIpc) is 2.23. The Bertz CT molecular complexity index is 561. The van der Waals surface area contributed by atoms with Crippen molar-refractivity contribution in [3.05, 3.63) is 57.3 Å². The van der Waals surface area contributed by atoms with E-state index in [1.54, 1.807) is 0 Å². The van der Waals surface area contributed by atoms with E-state index < -0.39 is 17.5 Å². The van der Waals surface area contributed by atoms with Crippen LogP contribution in [0.25, 0.3) is 11.1 Å². The number of hydrogen-bond donors (Lipinski definition) is 0. The van der Waals surface area contributed by atoms with Crippen LogP contribution >= 0.6 is 27.5 Å². The maximum absolute atomic E-state index is 13.7. The molecule has 2 aromatic rings. The predicted molar refractivity (Wildman–Crippen MR) is 64.5 cm³/mol. The molecule has 0 saturated heterocycles. The van der Waals surface area contributed by atoms with Crippen LogP contribution in [-0.4, -0.2) is 0 Å². The van der Waals surface area contributed by atoms with Crippen molar-refractivity contribution < 1.29 is 13.2 Å². The highest BCUT2D eigenvalue weighted by molar-refractivity contribution is 9.10. The lowest BCUT2D eigenvalue weighted by Gasteiger charge is -2.08. The first-order chi connectivity index (χ1) is 8.00. The van der Waals surface area contributed by atoms with E-state index in [1.807, 2.05) is 0 Å². The lowest BCUT2D eigenvalue weighted by Crippen LogP contribution is -1.92. The number of rotatable bonds is 1. The molecule has 0 unspecified atom stereocenters. The van der Waals surface area contributed by atoms with Crippen molar-refractivity contribution in [1.82, 2.24) is 0 Å². The fourth-order valence-corrected chi connectivity index (χ4v) is 2.12. The molecule has 17 heavy (non-hydrogen) atoms. The Hall–Kier alpha value is -1.00. The Kier molecular flexibility index (Phi) is 3.45. The lowest BCUT2D eigenvalue weighted by molar-refractivity contribution is 0.587. The van der Waals surface area contributed by atoms with Gasteiger partial charge in [-0.1, -0.05) is 39.7 Å². The Morgan fingerprint density at radius 1 is 0.941 bits per heavy atom. The molecule has 0 aliphatic heterocycles. The molecule has 2 aromatic carbocycles. The van der Waals surface area contributed by atoms with Gasteiger partial charge in [0.25, 0.3) is 0 Å². The van der Waals surface area contributed by atoms with Gasteiger partial charge in [0.15, 0.2) is 0 Å². The topological polar surface area (TPSA) is 0 Å². The molecule has 0 saturated carbocycles. The third kappa shape index (κ3) is 2.33. The molecule has 0 bridgehead atoms. The van der Waals surface area contributed by atoms with Gasteiger partial charge < -0.3 is 0 Å². The minimum atomic E-state index is -0.802. The first-order valence-electron chi connectivity index (χ1n) is 4.59. The van der Waals surface area contributed by atoms with Crippen LogP contribution in [0.1, 0.15) is 0 Å². The van der Waals surface area contributed by atoms with Gasteiger partial charge in [-0.2, -0.15) is 0 Å². The van der Waals surface area contributed by atoms with Crippen LogP contribution in [0.3, 0.4) is 0 Å². The SMILES string of the molecule is Fc1cccc(-c2c(F)cc(Br)cc2F)c1Cl. The molecule has 0 aliphatic rings. The fourth-order valence-electron chi connectivity index (χ4n) is 1.50. The van der Waals surface area contributed by atoms with Gasteiger partial charge in [0.2, 0.25) is 0 Å². The van der Waals surface area contributed by atoms with Crippen LogP contribution in [0.2, 0.25) is 5.02 Å². The molecule has 0 heterocycles. The molecule has 5 heteroatoms. The number of benzene rings is 2. The van der Waals surface area contributed by atoms with Crippen molar-refractivity contribution in [3.63, 3.8) is 0 Å². The lowest BCUT2D eigenvalue weighted by atomic mass is 10.0. The summed E-state index contributed by atoms with van der Waals surface area (Å²) in [6.07, 6.45) is 0. The van der Waals surface area contributed by atoms with E-state index in [0.717, 1.165) is 18.2 Å². The minimum Gasteiger partial charge on any atom is -0.206 e. The molecular formula is C12H5BrClF3. The average molecular weight is 322 g/mol. The minimum absolute atomic E-state index is 0.00540. The quantitative estimate of drug-likeness (QED) is 0.678. The van der Waals surface area contributed by atoms with E-state index in [9.17, 15) is 13.2 Å². The zero-order valence-corrected chi connectivity index (χ0v) is 10.6. The first-order valence-corrected chi connectivity index (χ1v) is 5.76. The van der Waals surface area contributed by atoms with Crippen LogP contribution in [0.15, 0.2) is 34.8 Å². The zero-order valence-electron chi connectivity index (χ0n) is 8.28. The Morgan fingerprint density at radius 2 is 1.53 bits per heavy atom. The van der Waals surface area contributed by atoms with Gasteiger partial charge in [0, 0.05) is 10.0 Å². The van der Waals surface area contributed by atoms with Crippen LogP contribution in [0.5, 0.6) is 0 Å². The molecule has 0 atom stereocenters. The Balaban J connectivity index is 2.73. The van der Waals surface area contributed by atoms with Crippen LogP contribution in [0, 0.1) is 17.5 Å².